The van der Waals surface area contributed by atoms with Crippen molar-refractivity contribution in [3.8, 4) is 5.75 Å². The summed E-state index contributed by atoms with van der Waals surface area (Å²) in [5.41, 5.74) is 1.56. The number of pyridine rings is 1. The summed E-state index contributed by atoms with van der Waals surface area (Å²) in [5, 5.41) is 10.5. The largest absolute Gasteiger partial charge is 0.497 e. The molecule has 0 radical (unpaired) electrons. The summed E-state index contributed by atoms with van der Waals surface area (Å²) in [7, 11) is 1.56. The molecule has 1 saturated carbocycles. The van der Waals surface area contributed by atoms with Gasteiger partial charge in [-0.1, -0.05) is 12.1 Å². The zero-order valence-corrected chi connectivity index (χ0v) is 13.1. The molecular formula is C18H20N2O3. The topological polar surface area (TPSA) is 62.7 Å². The fourth-order valence-corrected chi connectivity index (χ4v) is 2.57. The van der Waals surface area contributed by atoms with Gasteiger partial charge in [-0.05, 0) is 48.2 Å². The van der Waals surface area contributed by atoms with Crippen LogP contribution in [0.15, 0.2) is 48.8 Å². The van der Waals surface area contributed by atoms with Crippen LogP contribution in [0, 0.1) is 0 Å². The second kappa shape index (κ2) is 6.79. The Hall–Kier alpha value is -2.40. The van der Waals surface area contributed by atoms with Crippen LogP contribution >= 0.6 is 0 Å². The van der Waals surface area contributed by atoms with E-state index in [1.54, 1.807) is 48.7 Å². The van der Waals surface area contributed by atoms with Gasteiger partial charge in [-0.2, -0.15) is 0 Å². The first kappa shape index (κ1) is 15.5. The van der Waals surface area contributed by atoms with Gasteiger partial charge in [0.05, 0.1) is 7.11 Å². The van der Waals surface area contributed by atoms with Crippen molar-refractivity contribution in [2.45, 2.75) is 31.5 Å². The lowest BCUT2D eigenvalue weighted by Gasteiger charge is -2.25. The summed E-state index contributed by atoms with van der Waals surface area (Å²) in [6.45, 7) is 0.493. The number of amides is 1. The first-order chi connectivity index (χ1) is 11.2. The Kier molecular flexibility index (Phi) is 4.57. The summed E-state index contributed by atoms with van der Waals surface area (Å²) >= 11 is 0. The Morgan fingerprint density at radius 3 is 2.74 bits per heavy atom. The maximum atomic E-state index is 12.7. The van der Waals surface area contributed by atoms with E-state index in [1.807, 2.05) is 12.1 Å². The lowest BCUT2D eigenvalue weighted by Crippen LogP contribution is -2.36. The van der Waals surface area contributed by atoms with E-state index >= 15 is 0 Å². The maximum absolute atomic E-state index is 12.7. The number of methoxy groups -OCH3 is 1. The van der Waals surface area contributed by atoms with Crippen LogP contribution in [0.1, 0.15) is 30.1 Å². The molecule has 0 aliphatic heterocycles. The summed E-state index contributed by atoms with van der Waals surface area (Å²) in [5.74, 6) is 0.360. The minimum absolute atomic E-state index is 0.218. The van der Waals surface area contributed by atoms with Crippen molar-refractivity contribution in [2.24, 2.45) is 0 Å². The highest BCUT2D eigenvalue weighted by Gasteiger charge is 2.35. The average Bonchev–Trinajstić information content (AvgIpc) is 3.44. The second-order valence-electron chi connectivity index (χ2n) is 5.73. The SMILES string of the molecule is COc1cccc(C(O)C(=O)N(Cc2ccncc2)C2CC2)c1. The van der Waals surface area contributed by atoms with Gasteiger partial charge in [-0.15, -0.1) is 0 Å². The molecule has 2 aromatic rings. The van der Waals surface area contributed by atoms with E-state index in [1.165, 1.54) is 0 Å². The van der Waals surface area contributed by atoms with Crippen LogP contribution in [-0.2, 0) is 11.3 Å². The average molecular weight is 312 g/mol. The first-order valence-electron chi connectivity index (χ1n) is 7.70. The Morgan fingerprint density at radius 2 is 2.09 bits per heavy atom. The van der Waals surface area contributed by atoms with Gasteiger partial charge in [0, 0.05) is 25.0 Å². The number of benzene rings is 1. The van der Waals surface area contributed by atoms with Crippen LogP contribution in [0.3, 0.4) is 0 Å². The van der Waals surface area contributed by atoms with Crippen molar-refractivity contribution < 1.29 is 14.6 Å². The van der Waals surface area contributed by atoms with E-state index in [9.17, 15) is 9.90 Å². The molecular weight excluding hydrogens is 292 g/mol. The van der Waals surface area contributed by atoms with E-state index in [4.69, 9.17) is 4.74 Å². The zero-order valence-electron chi connectivity index (χ0n) is 13.1. The molecule has 23 heavy (non-hydrogen) atoms. The van der Waals surface area contributed by atoms with Crippen LogP contribution in [0.4, 0.5) is 0 Å². The molecule has 3 rings (SSSR count). The molecule has 120 valence electrons. The maximum Gasteiger partial charge on any atom is 0.256 e. The molecule has 1 aromatic heterocycles. The van der Waals surface area contributed by atoms with Crippen LogP contribution in [0.5, 0.6) is 5.75 Å². The lowest BCUT2D eigenvalue weighted by molar-refractivity contribution is -0.141. The highest BCUT2D eigenvalue weighted by Crippen LogP contribution is 2.31. The Bertz CT molecular complexity index is 671. The van der Waals surface area contributed by atoms with Gasteiger partial charge < -0.3 is 14.7 Å². The van der Waals surface area contributed by atoms with Crippen molar-refractivity contribution >= 4 is 5.91 Å². The van der Waals surface area contributed by atoms with Crippen molar-refractivity contribution in [3.05, 3.63) is 59.9 Å². The van der Waals surface area contributed by atoms with E-state index < -0.39 is 6.10 Å². The van der Waals surface area contributed by atoms with E-state index in [0.717, 1.165) is 18.4 Å². The molecule has 1 aromatic carbocycles. The molecule has 1 unspecified atom stereocenters. The van der Waals surface area contributed by atoms with Crippen molar-refractivity contribution in [1.82, 2.24) is 9.88 Å². The standard InChI is InChI=1S/C18H20N2O3/c1-23-16-4-2-3-14(11-16)17(21)18(22)20(15-5-6-15)12-13-7-9-19-10-8-13/h2-4,7-11,15,17,21H,5-6,12H2,1H3. The number of aliphatic hydroxyl groups is 1. The molecule has 1 aliphatic carbocycles. The van der Waals surface area contributed by atoms with E-state index in [-0.39, 0.29) is 11.9 Å². The molecule has 1 N–H and O–H groups in total. The summed E-state index contributed by atoms with van der Waals surface area (Å²) in [6, 6.07) is 11.0. The Morgan fingerprint density at radius 1 is 1.35 bits per heavy atom. The van der Waals surface area contributed by atoms with Crippen molar-refractivity contribution in [3.63, 3.8) is 0 Å². The van der Waals surface area contributed by atoms with Gasteiger partial charge in [0.2, 0.25) is 0 Å². The van der Waals surface area contributed by atoms with Crippen LogP contribution in [-0.4, -0.2) is 34.0 Å². The molecule has 0 saturated heterocycles. The van der Waals surface area contributed by atoms with Crippen LogP contribution in [0.2, 0.25) is 0 Å². The van der Waals surface area contributed by atoms with E-state index in [0.29, 0.717) is 17.9 Å². The molecule has 0 spiro atoms. The van der Waals surface area contributed by atoms with Crippen LogP contribution < -0.4 is 4.74 Å². The fraction of sp³-hybridized carbons (Fsp3) is 0.333. The molecule has 1 fully saturated rings. The molecule has 5 nitrogen and oxygen atoms in total. The third-order valence-corrected chi connectivity index (χ3v) is 4.02. The normalized spacial score (nSPS) is 15.0. The minimum Gasteiger partial charge on any atom is -0.497 e. The molecule has 1 aliphatic rings. The Labute approximate surface area is 135 Å². The number of hydrogen-bond donors (Lipinski definition) is 1. The van der Waals surface area contributed by atoms with E-state index in [2.05, 4.69) is 4.98 Å². The monoisotopic (exact) mass is 312 g/mol. The molecule has 0 bridgehead atoms. The molecule has 1 heterocycles. The number of nitrogens with zero attached hydrogens (tertiary/aromatic N) is 2. The lowest BCUT2D eigenvalue weighted by atomic mass is 10.1. The quantitative estimate of drug-likeness (QED) is 0.889. The number of hydrogen-bond acceptors (Lipinski definition) is 4. The van der Waals surface area contributed by atoms with Gasteiger partial charge >= 0.3 is 0 Å². The number of aliphatic hydroxyl groups excluding tert-OH is 1. The molecule has 1 atom stereocenters. The third kappa shape index (κ3) is 3.68. The number of carbonyl (C=O) groups is 1. The van der Waals surface area contributed by atoms with Crippen molar-refractivity contribution in [1.29, 1.82) is 0 Å². The van der Waals surface area contributed by atoms with Gasteiger partial charge in [-0.25, -0.2) is 0 Å². The predicted molar refractivity (Wildman–Crippen MR) is 85.8 cm³/mol. The molecule has 5 heteroatoms. The summed E-state index contributed by atoms with van der Waals surface area (Å²) in [4.78, 5) is 18.5. The first-order valence-corrected chi connectivity index (χ1v) is 7.70. The smallest absolute Gasteiger partial charge is 0.256 e. The van der Waals surface area contributed by atoms with Crippen LogP contribution in [0.25, 0.3) is 0 Å². The third-order valence-electron chi connectivity index (χ3n) is 4.02. The summed E-state index contributed by atoms with van der Waals surface area (Å²) < 4.78 is 5.16. The second-order valence-corrected chi connectivity index (χ2v) is 5.73. The van der Waals surface area contributed by atoms with Crippen molar-refractivity contribution in [2.75, 3.05) is 7.11 Å². The van der Waals surface area contributed by atoms with Gasteiger partial charge in [0.1, 0.15) is 5.75 Å². The number of aromatic nitrogens is 1. The highest BCUT2D eigenvalue weighted by molar-refractivity contribution is 5.82. The van der Waals surface area contributed by atoms with Gasteiger partial charge in [0.15, 0.2) is 6.10 Å². The highest BCUT2D eigenvalue weighted by atomic mass is 16.5. The minimum atomic E-state index is -1.17. The number of rotatable bonds is 6. The van der Waals surface area contributed by atoms with Gasteiger partial charge in [-0.3, -0.25) is 9.78 Å². The molecule has 1 amide bonds. The Balaban J connectivity index is 1.77. The van der Waals surface area contributed by atoms with Gasteiger partial charge in [0.25, 0.3) is 5.91 Å². The predicted octanol–water partition coefficient (Wildman–Crippen LogP) is 2.31. The zero-order chi connectivity index (χ0) is 16.2. The number of carbonyl (C=O) groups excluding carboxylic acids is 1. The summed E-state index contributed by atoms with van der Waals surface area (Å²) in [6.07, 6.45) is 4.23. The number of ether oxygens (including phenoxy) is 1. The fourth-order valence-electron chi connectivity index (χ4n) is 2.57.